The number of amides is 1. The third-order valence-electron chi connectivity index (χ3n) is 7.52. The molecular formula is C33H30F3N5OS. The predicted octanol–water partition coefficient (Wildman–Crippen LogP) is 7.88. The Balaban J connectivity index is 1.05. The lowest BCUT2D eigenvalue weighted by atomic mass is 10.1. The number of halogens is 3. The lowest BCUT2D eigenvalue weighted by Crippen LogP contribution is -2.18. The molecule has 0 aliphatic carbocycles. The second-order valence-electron chi connectivity index (χ2n) is 10.6. The lowest BCUT2D eigenvalue weighted by molar-refractivity contribution is -0.137. The zero-order chi connectivity index (χ0) is 29.8. The number of hydrogen-bond acceptors (Lipinski definition) is 6. The molecular weight excluding hydrogens is 571 g/mol. The number of benzene rings is 3. The molecule has 1 aliphatic rings. The second-order valence-corrected chi connectivity index (χ2v) is 11.7. The van der Waals surface area contributed by atoms with Crippen molar-refractivity contribution < 1.29 is 18.0 Å². The van der Waals surface area contributed by atoms with Crippen LogP contribution in [0.2, 0.25) is 0 Å². The van der Waals surface area contributed by atoms with E-state index in [1.165, 1.54) is 49.2 Å². The molecule has 0 unspecified atom stereocenters. The van der Waals surface area contributed by atoms with Crippen LogP contribution in [0.1, 0.15) is 39.9 Å². The molecule has 10 heteroatoms. The van der Waals surface area contributed by atoms with E-state index >= 15 is 0 Å². The van der Waals surface area contributed by atoms with Crippen molar-refractivity contribution in [1.82, 2.24) is 14.9 Å². The number of carbonyl (C=O) groups excluding carboxylic acids is 1. The third-order valence-corrected chi connectivity index (χ3v) is 8.70. The van der Waals surface area contributed by atoms with Gasteiger partial charge in [0.2, 0.25) is 0 Å². The van der Waals surface area contributed by atoms with Crippen LogP contribution in [0.4, 0.5) is 24.7 Å². The molecule has 220 valence electrons. The highest BCUT2D eigenvalue weighted by molar-refractivity contribution is 7.22. The van der Waals surface area contributed by atoms with Gasteiger partial charge in [-0.25, -0.2) is 9.97 Å². The van der Waals surface area contributed by atoms with Crippen LogP contribution in [0.3, 0.4) is 0 Å². The van der Waals surface area contributed by atoms with Crippen molar-refractivity contribution in [3.8, 4) is 10.4 Å². The van der Waals surface area contributed by atoms with E-state index in [9.17, 15) is 18.0 Å². The molecule has 3 aromatic carbocycles. The van der Waals surface area contributed by atoms with Crippen LogP contribution in [0.15, 0.2) is 85.2 Å². The summed E-state index contributed by atoms with van der Waals surface area (Å²) >= 11 is 1.67. The largest absolute Gasteiger partial charge is 0.416 e. The number of carbonyl (C=O) groups is 1. The first-order valence-corrected chi connectivity index (χ1v) is 15.0. The standard InChI is InChI=1S/C33H30F3N5OS/c34-33(35,36)26-5-3-4-25(18-26)32(42)40-27-12-8-22(9-13-27)14-15-37-31-30-28(38-21-39-31)19-29(43-30)24-10-6-23(7-11-24)20-41-16-1-2-17-41/h3-13,18-19,21H,1-2,14-17,20H2,(H,40,42)(H,37,38,39). The summed E-state index contributed by atoms with van der Waals surface area (Å²) in [7, 11) is 0. The topological polar surface area (TPSA) is 70.1 Å². The van der Waals surface area contributed by atoms with Gasteiger partial charge in [0.25, 0.3) is 5.91 Å². The number of nitrogens with one attached hydrogen (secondary N) is 2. The molecule has 0 spiro atoms. The summed E-state index contributed by atoms with van der Waals surface area (Å²) < 4.78 is 40.0. The van der Waals surface area contributed by atoms with Gasteiger partial charge in [-0.1, -0.05) is 42.5 Å². The zero-order valence-corrected chi connectivity index (χ0v) is 24.1. The van der Waals surface area contributed by atoms with E-state index in [0.717, 1.165) is 45.2 Å². The molecule has 43 heavy (non-hydrogen) atoms. The fourth-order valence-corrected chi connectivity index (χ4v) is 6.30. The molecule has 2 N–H and O–H groups in total. The van der Waals surface area contributed by atoms with E-state index in [1.54, 1.807) is 29.8 Å². The molecule has 3 heterocycles. The van der Waals surface area contributed by atoms with Crippen molar-refractivity contribution >= 4 is 39.0 Å². The molecule has 0 bridgehead atoms. The summed E-state index contributed by atoms with van der Waals surface area (Å²) in [4.78, 5) is 25.1. The van der Waals surface area contributed by atoms with Crippen LogP contribution >= 0.6 is 11.3 Å². The van der Waals surface area contributed by atoms with Crippen LogP contribution in [0, 0.1) is 0 Å². The van der Waals surface area contributed by atoms with E-state index in [1.807, 2.05) is 12.1 Å². The fourth-order valence-electron chi connectivity index (χ4n) is 5.22. The average molecular weight is 602 g/mol. The lowest BCUT2D eigenvalue weighted by Gasteiger charge is -2.14. The Morgan fingerprint density at radius 3 is 2.40 bits per heavy atom. The van der Waals surface area contributed by atoms with Gasteiger partial charge in [-0.3, -0.25) is 9.69 Å². The van der Waals surface area contributed by atoms with Crippen molar-refractivity contribution in [2.24, 2.45) is 0 Å². The monoisotopic (exact) mass is 601 g/mol. The van der Waals surface area contributed by atoms with Gasteiger partial charge in [0.1, 0.15) is 12.1 Å². The van der Waals surface area contributed by atoms with Crippen molar-refractivity contribution in [2.75, 3.05) is 30.3 Å². The van der Waals surface area contributed by atoms with E-state index < -0.39 is 17.6 Å². The van der Waals surface area contributed by atoms with Crippen LogP contribution in [0.5, 0.6) is 0 Å². The van der Waals surface area contributed by atoms with Crippen molar-refractivity contribution in [3.63, 3.8) is 0 Å². The smallest absolute Gasteiger partial charge is 0.368 e. The fraction of sp³-hybridized carbons (Fsp3) is 0.242. The first-order chi connectivity index (χ1) is 20.8. The molecule has 6 rings (SSSR count). The zero-order valence-electron chi connectivity index (χ0n) is 23.3. The maximum absolute atomic E-state index is 13.0. The number of nitrogens with zero attached hydrogens (tertiary/aromatic N) is 3. The molecule has 2 aromatic heterocycles. The molecule has 6 nitrogen and oxygen atoms in total. The third kappa shape index (κ3) is 7.03. The molecule has 0 saturated carbocycles. The molecule has 1 saturated heterocycles. The number of alkyl halides is 3. The molecule has 1 fully saturated rings. The first kappa shape index (κ1) is 28.8. The van der Waals surface area contributed by atoms with Gasteiger partial charge < -0.3 is 10.6 Å². The Morgan fingerprint density at radius 1 is 0.907 bits per heavy atom. The van der Waals surface area contributed by atoms with E-state index in [2.05, 4.69) is 55.8 Å². The highest BCUT2D eigenvalue weighted by Gasteiger charge is 2.30. The Labute approximate surface area is 251 Å². The maximum atomic E-state index is 13.0. The average Bonchev–Trinajstić information content (AvgIpc) is 3.69. The molecule has 1 amide bonds. The number of thiophene rings is 1. The van der Waals surface area contributed by atoms with Gasteiger partial charge in [0.05, 0.1) is 15.8 Å². The second kappa shape index (κ2) is 12.5. The summed E-state index contributed by atoms with van der Waals surface area (Å²) in [6.45, 7) is 4.01. The molecule has 0 radical (unpaired) electrons. The van der Waals surface area contributed by atoms with Gasteiger partial charge in [0, 0.05) is 29.2 Å². The van der Waals surface area contributed by atoms with Crippen LogP contribution in [0.25, 0.3) is 20.7 Å². The minimum absolute atomic E-state index is 0.0504. The number of aromatic nitrogens is 2. The Kier molecular flexibility index (Phi) is 8.40. The van der Waals surface area contributed by atoms with Crippen LogP contribution in [-0.4, -0.2) is 40.4 Å². The van der Waals surface area contributed by atoms with Gasteiger partial charge in [0.15, 0.2) is 0 Å². The molecule has 0 atom stereocenters. The maximum Gasteiger partial charge on any atom is 0.416 e. The predicted molar refractivity (Wildman–Crippen MR) is 165 cm³/mol. The SMILES string of the molecule is O=C(Nc1ccc(CCNc2ncnc3cc(-c4ccc(CN5CCCC5)cc4)sc23)cc1)c1cccc(C(F)(F)F)c1. The van der Waals surface area contributed by atoms with Crippen LogP contribution in [-0.2, 0) is 19.1 Å². The van der Waals surface area contributed by atoms with Crippen molar-refractivity contribution in [1.29, 1.82) is 0 Å². The minimum atomic E-state index is -4.51. The van der Waals surface area contributed by atoms with E-state index in [0.29, 0.717) is 18.7 Å². The number of hydrogen-bond donors (Lipinski definition) is 2. The van der Waals surface area contributed by atoms with Crippen molar-refractivity contribution in [3.05, 3.63) is 107 Å². The summed E-state index contributed by atoms with van der Waals surface area (Å²) in [6.07, 6.45) is 0.358. The Bertz CT molecular complexity index is 1710. The normalized spacial score (nSPS) is 13.8. The number of fused-ring (bicyclic) bond motifs is 1. The van der Waals surface area contributed by atoms with E-state index in [-0.39, 0.29) is 5.56 Å². The Morgan fingerprint density at radius 2 is 1.65 bits per heavy atom. The van der Waals surface area contributed by atoms with Gasteiger partial charge in [-0.05, 0) is 85.4 Å². The summed E-state index contributed by atoms with van der Waals surface area (Å²) in [6, 6.07) is 22.5. The number of anilines is 2. The number of rotatable bonds is 9. The first-order valence-electron chi connectivity index (χ1n) is 14.2. The van der Waals surface area contributed by atoms with E-state index in [4.69, 9.17) is 0 Å². The number of likely N-dealkylation sites (tertiary alicyclic amines) is 1. The summed E-state index contributed by atoms with van der Waals surface area (Å²) in [5, 5.41) is 6.09. The molecule has 5 aromatic rings. The summed E-state index contributed by atoms with van der Waals surface area (Å²) in [5.41, 5.74) is 4.04. The quantitative estimate of drug-likeness (QED) is 0.180. The highest BCUT2D eigenvalue weighted by Crippen LogP contribution is 2.36. The Hall–Kier alpha value is -4.28. The van der Waals surface area contributed by atoms with Crippen LogP contribution < -0.4 is 10.6 Å². The molecule has 1 aliphatic heterocycles. The highest BCUT2D eigenvalue weighted by atomic mass is 32.1. The van der Waals surface area contributed by atoms with Gasteiger partial charge in [-0.2, -0.15) is 13.2 Å². The van der Waals surface area contributed by atoms with Gasteiger partial charge >= 0.3 is 6.18 Å². The minimum Gasteiger partial charge on any atom is -0.368 e. The summed E-state index contributed by atoms with van der Waals surface area (Å²) in [5.74, 6) is 0.193. The van der Waals surface area contributed by atoms with Gasteiger partial charge in [-0.15, -0.1) is 11.3 Å². The van der Waals surface area contributed by atoms with Crippen molar-refractivity contribution in [2.45, 2.75) is 32.0 Å².